The van der Waals surface area contributed by atoms with Crippen LogP contribution in [-0.2, 0) is 0 Å². The maximum absolute atomic E-state index is 6.42. The van der Waals surface area contributed by atoms with Crippen LogP contribution in [0.1, 0.15) is 36.8 Å². The van der Waals surface area contributed by atoms with Crippen molar-refractivity contribution in [1.82, 2.24) is 0 Å². The van der Waals surface area contributed by atoms with Gasteiger partial charge in [0.25, 0.3) is 0 Å². The molecule has 1 aliphatic heterocycles. The third-order valence-electron chi connectivity index (χ3n) is 7.20. The maximum Gasteiger partial charge on any atom is 0.119 e. The zero-order valence-corrected chi connectivity index (χ0v) is 22.6. The molecule has 0 bridgehead atoms. The molecule has 188 valence electrons. The van der Waals surface area contributed by atoms with E-state index in [9.17, 15) is 0 Å². The first-order valence-corrected chi connectivity index (χ1v) is 14.0. The fourth-order valence-electron chi connectivity index (χ4n) is 5.24. The number of hydrogen-bond donors (Lipinski definition) is 0. The lowest BCUT2D eigenvalue weighted by atomic mass is 9.80. The van der Waals surface area contributed by atoms with Gasteiger partial charge < -0.3 is 9.64 Å². The smallest absolute Gasteiger partial charge is 0.119 e. The number of ether oxygens (including phenoxy) is 1. The minimum absolute atomic E-state index is 0.223. The van der Waals surface area contributed by atoms with E-state index in [1.165, 1.54) is 32.9 Å². The zero-order valence-electron chi connectivity index (χ0n) is 21.8. The van der Waals surface area contributed by atoms with E-state index in [0.717, 1.165) is 36.3 Å². The van der Waals surface area contributed by atoms with Gasteiger partial charge in [0.2, 0.25) is 0 Å². The van der Waals surface area contributed by atoms with Gasteiger partial charge in [-0.1, -0.05) is 79.0 Å². The number of fused-ring (bicyclic) bond motifs is 1. The molecule has 1 fully saturated rings. The van der Waals surface area contributed by atoms with Crippen LogP contribution in [0.5, 0.6) is 5.75 Å². The topological polar surface area (TPSA) is 12.5 Å². The highest BCUT2D eigenvalue weighted by molar-refractivity contribution is 8.03. The van der Waals surface area contributed by atoms with Crippen LogP contribution in [0.4, 0.5) is 5.69 Å². The van der Waals surface area contributed by atoms with Gasteiger partial charge in [0.15, 0.2) is 0 Å². The fourth-order valence-corrected chi connectivity index (χ4v) is 6.10. The Kier molecular flexibility index (Phi) is 8.01. The van der Waals surface area contributed by atoms with Crippen molar-refractivity contribution in [1.29, 1.82) is 0 Å². The molecule has 1 saturated carbocycles. The van der Waals surface area contributed by atoms with E-state index < -0.39 is 0 Å². The lowest BCUT2D eigenvalue weighted by molar-refractivity contribution is 0.134. The van der Waals surface area contributed by atoms with E-state index in [1.807, 2.05) is 18.2 Å². The van der Waals surface area contributed by atoms with Gasteiger partial charge in [-0.05, 0) is 91.7 Å². The summed E-state index contributed by atoms with van der Waals surface area (Å²) in [6.07, 6.45) is 13.8. The van der Waals surface area contributed by atoms with E-state index in [-0.39, 0.29) is 6.10 Å². The Hall–Kier alpha value is -3.43. The fraction of sp³-hybridized carbons (Fsp3) is 0.235. The zero-order chi connectivity index (χ0) is 25.6. The summed E-state index contributed by atoms with van der Waals surface area (Å²) < 4.78 is 6.42. The second-order valence-corrected chi connectivity index (χ2v) is 11.1. The Bertz CT molecular complexity index is 1340. The van der Waals surface area contributed by atoms with Crippen molar-refractivity contribution in [2.45, 2.75) is 43.6 Å². The molecule has 0 amide bonds. The van der Waals surface area contributed by atoms with Crippen LogP contribution in [-0.4, -0.2) is 13.2 Å². The monoisotopic (exact) mass is 505 g/mol. The largest absolute Gasteiger partial charge is 0.490 e. The molecule has 5 rings (SSSR count). The van der Waals surface area contributed by atoms with Crippen molar-refractivity contribution in [2.75, 3.05) is 11.9 Å². The van der Waals surface area contributed by atoms with Gasteiger partial charge >= 0.3 is 0 Å². The summed E-state index contributed by atoms with van der Waals surface area (Å²) in [5, 5.41) is 0. The number of benzene rings is 3. The van der Waals surface area contributed by atoms with Crippen LogP contribution >= 0.6 is 11.8 Å². The molecule has 0 aromatic heterocycles. The molecule has 1 aliphatic carbocycles. The first kappa shape index (κ1) is 25.2. The van der Waals surface area contributed by atoms with Crippen LogP contribution in [0.25, 0.3) is 5.57 Å². The summed E-state index contributed by atoms with van der Waals surface area (Å²) in [5.74, 6) is 1.38. The number of nitrogens with zero attached hydrogens (tertiary/aromatic N) is 1. The van der Waals surface area contributed by atoms with Crippen molar-refractivity contribution in [3.63, 3.8) is 0 Å². The third kappa shape index (κ3) is 6.29. The van der Waals surface area contributed by atoms with Gasteiger partial charge in [-0.15, -0.1) is 0 Å². The standard InChI is InChI=1S/C34H35NOS/c1-25-12-7-10-19-34(25)37-26(2)22-29(23-28-20-21-35(3)33-18-9-8-17-32(28)33)27-13-11-16-31(24-27)36-30-14-5-4-6-15-30/h4-10,12,14-15,17-23,27,31H,2,11,13,16,24H2,1,3H3/b28-23+,29-22-. The summed E-state index contributed by atoms with van der Waals surface area (Å²) in [7, 11) is 2.11. The lowest BCUT2D eigenvalue weighted by Crippen LogP contribution is -2.26. The number of hydrogen-bond acceptors (Lipinski definition) is 3. The lowest BCUT2D eigenvalue weighted by Gasteiger charge is -2.31. The highest BCUT2D eigenvalue weighted by atomic mass is 32.2. The number of allylic oxidation sites excluding steroid dienone is 5. The minimum Gasteiger partial charge on any atom is -0.490 e. The van der Waals surface area contributed by atoms with E-state index in [1.54, 1.807) is 11.8 Å². The van der Waals surface area contributed by atoms with Crippen molar-refractivity contribution >= 4 is 23.0 Å². The molecule has 1 heterocycles. The molecule has 2 nitrogen and oxygen atoms in total. The first-order chi connectivity index (χ1) is 18.1. The number of thioether (sulfide) groups is 1. The van der Waals surface area contributed by atoms with E-state index >= 15 is 0 Å². The number of aryl methyl sites for hydroxylation is 1. The SMILES string of the molecule is C=C(/C=C(/C=C1\C=CN(C)c2ccccc21)C1CCCC(Oc2ccccc2)C1)Sc1ccccc1C. The van der Waals surface area contributed by atoms with Crippen LogP contribution in [0.3, 0.4) is 0 Å². The third-order valence-corrected chi connectivity index (χ3v) is 8.26. The van der Waals surface area contributed by atoms with Gasteiger partial charge in [0.1, 0.15) is 5.75 Å². The predicted octanol–water partition coefficient (Wildman–Crippen LogP) is 9.21. The first-order valence-electron chi connectivity index (χ1n) is 13.1. The molecule has 0 spiro atoms. The van der Waals surface area contributed by atoms with Crippen molar-refractivity contribution in [2.24, 2.45) is 5.92 Å². The number of anilines is 1. The highest BCUT2D eigenvalue weighted by Gasteiger charge is 2.26. The molecule has 0 N–H and O–H groups in total. The minimum atomic E-state index is 0.223. The van der Waals surface area contributed by atoms with Gasteiger partial charge in [0.05, 0.1) is 6.10 Å². The quantitative estimate of drug-likeness (QED) is 0.234. The Morgan fingerprint density at radius 3 is 2.57 bits per heavy atom. The molecule has 2 aliphatic rings. The maximum atomic E-state index is 6.42. The number of rotatable bonds is 7. The van der Waals surface area contributed by atoms with Gasteiger partial charge in [-0.3, -0.25) is 0 Å². The van der Waals surface area contributed by atoms with E-state index in [2.05, 4.69) is 111 Å². The van der Waals surface area contributed by atoms with E-state index in [0.29, 0.717) is 5.92 Å². The van der Waals surface area contributed by atoms with Crippen LogP contribution < -0.4 is 9.64 Å². The Balaban J connectivity index is 1.46. The molecule has 3 heteroatoms. The van der Waals surface area contributed by atoms with Crippen molar-refractivity contribution in [3.05, 3.63) is 131 Å². The molecule has 37 heavy (non-hydrogen) atoms. The van der Waals surface area contributed by atoms with Gasteiger partial charge in [-0.2, -0.15) is 0 Å². The average Bonchev–Trinajstić information content (AvgIpc) is 2.92. The Labute approximate surface area is 226 Å². The second-order valence-electron chi connectivity index (χ2n) is 9.94. The normalized spacial score (nSPS) is 20.5. The predicted molar refractivity (Wildman–Crippen MR) is 159 cm³/mol. The average molecular weight is 506 g/mol. The molecule has 0 saturated heterocycles. The molecule has 3 aromatic carbocycles. The van der Waals surface area contributed by atoms with Crippen LogP contribution in [0.2, 0.25) is 0 Å². The molecular weight excluding hydrogens is 470 g/mol. The summed E-state index contributed by atoms with van der Waals surface area (Å²) in [6, 6.07) is 27.4. The summed E-state index contributed by atoms with van der Waals surface area (Å²) >= 11 is 1.76. The molecule has 0 radical (unpaired) electrons. The molecule has 2 unspecified atom stereocenters. The molecular formula is C34H35NOS. The Morgan fingerprint density at radius 1 is 0.973 bits per heavy atom. The van der Waals surface area contributed by atoms with Gasteiger partial charge in [-0.25, -0.2) is 0 Å². The van der Waals surface area contributed by atoms with Crippen LogP contribution in [0, 0.1) is 12.8 Å². The van der Waals surface area contributed by atoms with Crippen LogP contribution in [0.15, 0.2) is 125 Å². The molecule has 3 aromatic rings. The van der Waals surface area contributed by atoms with Crippen molar-refractivity contribution in [3.8, 4) is 5.75 Å². The van der Waals surface area contributed by atoms with Gasteiger partial charge in [0, 0.05) is 34.3 Å². The molecule has 2 atom stereocenters. The van der Waals surface area contributed by atoms with E-state index in [4.69, 9.17) is 4.74 Å². The second kappa shape index (κ2) is 11.7. The van der Waals surface area contributed by atoms with Crippen molar-refractivity contribution < 1.29 is 4.74 Å². The summed E-state index contributed by atoms with van der Waals surface area (Å²) in [4.78, 5) is 4.51. The Morgan fingerprint density at radius 2 is 1.73 bits per heavy atom. The summed E-state index contributed by atoms with van der Waals surface area (Å²) in [5.41, 5.74) is 6.37. The summed E-state index contributed by atoms with van der Waals surface area (Å²) in [6.45, 7) is 6.62. The number of para-hydroxylation sites is 2. The highest BCUT2D eigenvalue weighted by Crippen LogP contribution is 2.39.